The van der Waals surface area contributed by atoms with E-state index in [2.05, 4.69) is 0 Å². The van der Waals surface area contributed by atoms with Crippen molar-refractivity contribution in [2.24, 2.45) is 0 Å². The molecule has 13 heteroatoms. The van der Waals surface area contributed by atoms with Gasteiger partial charge in [0.2, 0.25) is 0 Å². The number of hydrogen-bond donors (Lipinski definition) is 0. The highest BCUT2D eigenvalue weighted by molar-refractivity contribution is 5.15. The van der Waals surface area contributed by atoms with Crippen LogP contribution in [-0.2, 0) is 0 Å². The van der Waals surface area contributed by atoms with Crippen LogP contribution in [0.5, 0.6) is 0 Å². The van der Waals surface area contributed by atoms with Crippen molar-refractivity contribution in [3.05, 3.63) is 12.2 Å². The third-order valence-corrected chi connectivity index (χ3v) is 4.51. The van der Waals surface area contributed by atoms with Crippen molar-refractivity contribution in [3.8, 4) is 0 Å². The van der Waals surface area contributed by atoms with E-state index in [9.17, 15) is 57.1 Å². The van der Waals surface area contributed by atoms with E-state index in [0.29, 0.717) is 12.8 Å². The SMILES string of the molecule is CCCCCCCCCC/C=C/C(F)(F)C(F)(F)C(F)(F)C(F)(F)C(F)(F)C(F)(F)F. The lowest BCUT2D eigenvalue weighted by Gasteiger charge is -2.39. The molecule has 0 nitrogen and oxygen atoms in total. The molecule has 0 aromatic heterocycles. The van der Waals surface area contributed by atoms with Crippen molar-refractivity contribution in [2.75, 3.05) is 0 Å². The highest BCUT2D eigenvalue weighted by Crippen LogP contribution is 2.60. The zero-order valence-corrected chi connectivity index (χ0v) is 16.4. The summed E-state index contributed by atoms with van der Waals surface area (Å²) in [7, 11) is 0. The number of allylic oxidation sites excluding steroid dienone is 2. The van der Waals surface area contributed by atoms with Crippen molar-refractivity contribution in [3.63, 3.8) is 0 Å². The molecule has 31 heavy (non-hydrogen) atoms. The van der Waals surface area contributed by atoms with E-state index in [4.69, 9.17) is 0 Å². The normalized spacial score (nSPS) is 15.2. The third-order valence-electron chi connectivity index (χ3n) is 4.51. The molecule has 186 valence electrons. The highest BCUT2D eigenvalue weighted by atomic mass is 19.4. The molecule has 0 saturated carbocycles. The zero-order valence-electron chi connectivity index (χ0n) is 16.4. The summed E-state index contributed by atoms with van der Waals surface area (Å²) in [5.74, 6) is -36.6. The predicted molar refractivity (Wildman–Crippen MR) is 87.2 cm³/mol. The summed E-state index contributed by atoms with van der Waals surface area (Å²) in [6, 6.07) is 0. The van der Waals surface area contributed by atoms with Gasteiger partial charge >= 0.3 is 35.8 Å². The Kier molecular flexibility index (Phi) is 10.2. The molecule has 0 aromatic carbocycles. The van der Waals surface area contributed by atoms with E-state index in [1.54, 1.807) is 0 Å². The number of alkyl halides is 13. The Morgan fingerprint density at radius 3 is 1.29 bits per heavy atom. The van der Waals surface area contributed by atoms with Crippen LogP contribution in [0.15, 0.2) is 12.2 Å². The molecule has 0 aliphatic rings. The fraction of sp³-hybridized carbons (Fsp3) is 0.889. The van der Waals surface area contributed by atoms with Crippen LogP contribution in [0, 0.1) is 0 Å². The van der Waals surface area contributed by atoms with Crippen LogP contribution in [0.2, 0.25) is 0 Å². The number of halogens is 13. The summed E-state index contributed by atoms with van der Waals surface area (Å²) in [5, 5.41) is 0. The minimum absolute atomic E-state index is 0.157. The zero-order chi connectivity index (χ0) is 24.8. The summed E-state index contributed by atoms with van der Waals surface area (Å²) in [5.41, 5.74) is 0. The maximum atomic E-state index is 13.5. The predicted octanol–water partition coefficient (Wildman–Crippen LogP) is 8.81. The fourth-order valence-electron chi connectivity index (χ4n) is 2.51. The van der Waals surface area contributed by atoms with Gasteiger partial charge < -0.3 is 0 Å². The maximum Gasteiger partial charge on any atom is 0.460 e. The van der Waals surface area contributed by atoms with Crippen LogP contribution in [0.3, 0.4) is 0 Å². The average Bonchev–Trinajstić information content (AvgIpc) is 2.61. The van der Waals surface area contributed by atoms with E-state index < -0.39 is 41.9 Å². The van der Waals surface area contributed by atoms with Gasteiger partial charge in [0, 0.05) is 0 Å². The molecular formula is C18H23F13. The monoisotopic (exact) mass is 486 g/mol. The lowest BCUT2D eigenvalue weighted by atomic mass is 9.93. The molecule has 0 radical (unpaired) electrons. The van der Waals surface area contributed by atoms with Gasteiger partial charge in [-0.3, -0.25) is 0 Å². The second kappa shape index (κ2) is 10.6. The van der Waals surface area contributed by atoms with Crippen molar-refractivity contribution in [1.82, 2.24) is 0 Å². The lowest BCUT2D eigenvalue weighted by Crippen LogP contribution is -2.69. The minimum Gasteiger partial charge on any atom is -0.195 e. The van der Waals surface area contributed by atoms with Gasteiger partial charge in [-0.05, 0) is 18.9 Å². The van der Waals surface area contributed by atoms with Crippen molar-refractivity contribution in [1.29, 1.82) is 0 Å². The molecule has 0 rings (SSSR count). The first-order chi connectivity index (χ1) is 13.8. The van der Waals surface area contributed by atoms with Crippen molar-refractivity contribution >= 4 is 0 Å². The number of unbranched alkanes of at least 4 members (excludes halogenated alkanes) is 8. The molecule has 0 amide bonds. The molecular weight excluding hydrogens is 463 g/mol. The average molecular weight is 486 g/mol. The molecule has 0 unspecified atom stereocenters. The molecule has 0 aliphatic carbocycles. The van der Waals surface area contributed by atoms with Crippen LogP contribution >= 0.6 is 0 Å². The topological polar surface area (TPSA) is 0 Å². The Morgan fingerprint density at radius 1 is 0.484 bits per heavy atom. The summed E-state index contributed by atoms with van der Waals surface area (Å²) in [6.45, 7) is 2.00. The lowest BCUT2D eigenvalue weighted by molar-refractivity contribution is -0.436. The van der Waals surface area contributed by atoms with Gasteiger partial charge in [-0.15, -0.1) is 0 Å². The molecule has 0 N–H and O–H groups in total. The second-order valence-electron chi connectivity index (χ2n) is 7.08. The molecule has 0 spiro atoms. The van der Waals surface area contributed by atoms with Crippen molar-refractivity contribution in [2.45, 2.75) is 101 Å². The summed E-state index contributed by atoms with van der Waals surface area (Å²) in [6.07, 6.45) is -2.30. The van der Waals surface area contributed by atoms with Gasteiger partial charge in [0.25, 0.3) is 0 Å². The van der Waals surface area contributed by atoms with E-state index in [1.807, 2.05) is 6.92 Å². The van der Waals surface area contributed by atoms with Crippen LogP contribution in [0.4, 0.5) is 57.1 Å². The Hall–Kier alpha value is -1.17. The third kappa shape index (κ3) is 6.43. The van der Waals surface area contributed by atoms with Crippen LogP contribution in [0.1, 0.15) is 64.7 Å². The Balaban J connectivity index is 5.15. The van der Waals surface area contributed by atoms with E-state index in [1.165, 1.54) is 0 Å². The molecule has 0 saturated heterocycles. The Bertz CT molecular complexity index is 561. The summed E-state index contributed by atoms with van der Waals surface area (Å²) in [4.78, 5) is 0. The molecule has 0 aliphatic heterocycles. The summed E-state index contributed by atoms with van der Waals surface area (Å²) < 4.78 is 168. The highest BCUT2D eigenvalue weighted by Gasteiger charge is 2.90. The maximum absolute atomic E-state index is 13.5. The van der Waals surface area contributed by atoms with Gasteiger partial charge in [0.15, 0.2) is 0 Å². The van der Waals surface area contributed by atoms with Gasteiger partial charge in [-0.25, -0.2) is 0 Å². The van der Waals surface area contributed by atoms with Crippen LogP contribution in [-0.4, -0.2) is 35.8 Å². The van der Waals surface area contributed by atoms with Gasteiger partial charge in [0.1, 0.15) is 0 Å². The van der Waals surface area contributed by atoms with Gasteiger partial charge in [0.05, 0.1) is 0 Å². The minimum atomic E-state index is -7.85. The molecule has 0 fully saturated rings. The first-order valence-corrected chi connectivity index (χ1v) is 9.44. The largest absolute Gasteiger partial charge is 0.460 e. The van der Waals surface area contributed by atoms with E-state index in [-0.39, 0.29) is 18.9 Å². The number of rotatable bonds is 14. The standard InChI is InChI=1S/C18H23F13/c1-2-3-4-5-6-7-8-9-10-11-12-13(19,20)14(21,22)15(23,24)16(25,26)17(27,28)18(29,30)31/h11-12H,2-10H2,1H3/b12-11+. The first-order valence-electron chi connectivity index (χ1n) is 9.44. The molecule has 0 heterocycles. The molecule has 0 bridgehead atoms. The Labute approximate surface area is 170 Å². The fourth-order valence-corrected chi connectivity index (χ4v) is 2.51. The first kappa shape index (κ1) is 29.8. The second-order valence-corrected chi connectivity index (χ2v) is 7.08. The quantitative estimate of drug-likeness (QED) is 0.131. The Morgan fingerprint density at radius 2 is 0.871 bits per heavy atom. The summed E-state index contributed by atoms with van der Waals surface area (Å²) >= 11 is 0. The van der Waals surface area contributed by atoms with Gasteiger partial charge in [-0.2, -0.15) is 57.1 Å². The van der Waals surface area contributed by atoms with E-state index >= 15 is 0 Å². The number of hydrogen-bond acceptors (Lipinski definition) is 0. The van der Waals surface area contributed by atoms with Crippen LogP contribution < -0.4 is 0 Å². The molecule has 0 aromatic rings. The van der Waals surface area contributed by atoms with E-state index in [0.717, 1.165) is 32.1 Å². The smallest absolute Gasteiger partial charge is 0.195 e. The van der Waals surface area contributed by atoms with Crippen molar-refractivity contribution < 1.29 is 57.1 Å². The molecule has 0 atom stereocenters. The van der Waals surface area contributed by atoms with Gasteiger partial charge in [-0.1, -0.05) is 57.9 Å². The van der Waals surface area contributed by atoms with Crippen LogP contribution in [0.25, 0.3) is 0 Å².